The molecule has 17 heavy (non-hydrogen) atoms. The maximum Gasteiger partial charge on any atom is 0.0790 e. The highest BCUT2D eigenvalue weighted by molar-refractivity contribution is 6.30. The van der Waals surface area contributed by atoms with Crippen molar-refractivity contribution in [2.75, 3.05) is 6.54 Å². The summed E-state index contributed by atoms with van der Waals surface area (Å²) in [4.78, 5) is 0. The molecule has 0 radical (unpaired) electrons. The van der Waals surface area contributed by atoms with Crippen LogP contribution in [0.5, 0.6) is 0 Å². The van der Waals surface area contributed by atoms with Crippen LogP contribution in [0, 0.1) is 6.92 Å². The van der Waals surface area contributed by atoms with Crippen LogP contribution in [-0.2, 0) is 6.54 Å². The Labute approximate surface area is 106 Å². The molecular formula is C13H16ClN3. The van der Waals surface area contributed by atoms with Crippen molar-refractivity contribution < 1.29 is 0 Å². The van der Waals surface area contributed by atoms with Crippen molar-refractivity contribution in [3.8, 4) is 5.69 Å². The molecule has 1 aromatic heterocycles. The van der Waals surface area contributed by atoms with Gasteiger partial charge >= 0.3 is 0 Å². The van der Waals surface area contributed by atoms with Gasteiger partial charge in [0.15, 0.2) is 0 Å². The van der Waals surface area contributed by atoms with Crippen LogP contribution in [0.15, 0.2) is 30.6 Å². The number of aromatic nitrogens is 2. The molecule has 2 aromatic rings. The Balaban J connectivity index is 2.25. The zero-order valence-corrected chi connectivity index (χ0v) is 10.8. The topological polar surface area (TPSA) is 29.9 Å². The Hall–Kier alpha value is -1.32. The van der Waals surface area contributed by atoms with Crippen LogP contribution in [-0.4, -0.2) is 16.3 Å². The minimum Gasteiger partial charge on any atom is -0.313 e. The molecule has 4 heteroatoms. The molecule has 0 atom stereocenters. The molecule has 1 heterocycles. The summed E-state index contributed by atoms with van der Waals surface area (Å²) in [6.45, 7) is 6.07. The van der Waals surface area contributed by atoms with Crippen LogP contribution in [0.4, 0.5) is 0 Å². The predicted octanol–water partition coefficient (Wildman–Crippen LogP) is 2.94. The van der Waals surface area contributed by atoms with Gasteiger partial charge in [0, 0.05) is 12.7 Å². The van der Waals surface area contributed by atoms with Gasteiger partial charge in [-0.3, -0.25) is 0 Å². The lowest BCUT2D eigenvalue weighted by atomic mass is 10.1. The van der Waals surface area contributed by atoms with E-state index in [2.05, 4.69) is 42.5 Å². The molecular weight excluding hydrogens is 234 g/mol. The number of rotatable bonds is 4. The van der Waals surface area contributed by atoms with Crippen LogP contribution >= 0.6 is 11.6 Å². The van der Waals surface area contributed by atoms with E-state index in [0.717, 1.165) is 18.8 Å². The van der Waals surface area contributed by atoms with Gasteiger partial charge < -0.3 is 5.32 Å². The molecule has 0 amide bonds. The van der Waals surface area contributed by atoms with Crippen molar-refractivity contribution in [3.63, 3.8) is 0 Å². The third-order valence-corrected chi connectivity index (χ3v) is 2.83. The maximum atomic E-state index is 5.87. The van der Waals surface area contributed by atoms with Crippen LogP contribution < -0.4 is 5.32 Å². The molecule has 2 rings (SSSR count). The highest BCUT2D eigenvalue weighted by Crippen LogP contribution is 2.17. The van der Waals surface area contributed by atoms with Gasteiger partial charge in [0.1, 0.15) is 0 Å². The standard InChI is InChI=1S/C13H16ClN3/c1-3-15-7-11-4-5-13(10(2)6-11)17-9-12(14)8-16-17/h4-6,8-9,15H,3,7H2,1-2H3. The van der Waals surface area contributed by atoms with Gasteiger partial charge in [-0.15, -0.1) is 0 Å². The summed E-state index contributed by atoms with van der Waals surface area (Å²) in [5.74, 6) is 0. The minimum absolute atomic E-state index is 0.654. The quantitative estimate of drug-likeness (QED) is 0.903. The summed E-state index contributed by atoms with van der Waals surface area (Å²) in [5.41, 5.74) is 3.55. The van der Waals surface area contributed by atoms with E-state index in [0.29, 0.717) is 5.02 Å². The van der Waals surface area contributed by atoms with Crippen molar-refractivity contribution in [2.45, 2.75) is 20.4 Å². The van der Waals surface area contributed by atoms with E-state index in [4.69, 9.17) is 11.6 Å². The Morgan fingerprint density at radius 1 is 1.41 bits per heavy atom. The number of benzene rings is 1. The Morgan fingerprint density at radius 3 is 2.82 bits per heavy atom. The molecule has 3 nitrogen and oxygen atoms in total. The lowest BCUT2D eigenvalue weighted by molar-refractivity contribution is 0.725. The summed E-state index contributed by atoms with van der Waals surface area (Å²) in [6.07, 6.45) is 3.46. The van der Waals surface area contributed by atoms with E-state index in [1.165, 1.54) is 11.1 Å². The SMILES string of the molecule is CCNCc1ccc(-n2cc(Cl)cn2)c(C)c1. The predicted molar refractivity (Wildman–Crippen MR) is 70.7 cm³/mol. The van der Waals surface area contributed by atoms with Gasteiger partial charge in [0.05, 0.1) is 16.9 Å². The van der Waals surface area contributed by atoms with Gasteiger partial charge in [-0.2, -0.15) is 5.10 Å². The number of hydrogen-bond donors (Lipinski definition) is 1. The fourth-order valence-electron chi connectivity index (χ4n) is 1.79. The van der Waals surface area contributed by atoms with E-state index in [9.17, 15) is 0 Å². The first kappa shape index (κ1) is 12.1. The van der Waals surface area contributed by atoms with Crippen LogP contribution in [0.25, 0.3) is 5.69 Å². The molecule has 0 aliphatic heterocycles. The highest BCUT2D eigenvalue weighted by atomic mass is 35.5. The summed E-state index contributed by atoms with van der Waals surface area (Å²) in [5, 5.41) is 8.17. The molecule has 0 aliphatic carbocycles. The van der Waals surface area contributed by atoms with Gasteiger partial charge in [0.25, 0.3) is 0 Å². The number of hydrogen-bond acceptors (Lipinski definition) is 2. The van der Waals surface area contributed by atoms with Gasteiger partial charge in [-0.25, -0.2) is 4.68 Å². The molecule has 90 valence electrons. The van der Waals surface area contributed by atoms with E-state index in [1.54, 1.807) is 10.9 Å². The van der Waals surface area contributed by atoms with Crippen molar-refractivity contribution in [2.24, 2.45) is 0 Å². The maximum absolute atomic E-state index is 5.87. The Morgan fingerprint density at radius 2 is 2.24 bits per heavy atom. The minimum atomic E-state index is 0.654. The number of aryl methyl sites for hydroxylation is 1. The fourth-order valence-corrected chi connectivity index (χ4v) is 1.92. The molecule has 0 spiro atoms. The first-order valence-corrected chi connectivity index (χ1v) is 6.09. The third-order valence-electron chi connectivity index (χ3n) is 2.64. The van der Waals surface area contributed by atoms with E-state index < -0.39 is 0 Å². The zero-order valence-electron chi connectivity index (χ0n) is 10.1. The smallest absolute Gasteiger partial charge is 0.0790 e. The number of halogens is 1. The normalized spacial score (nSPS) is 10.8. The lowest BCUT2D eigenvalue weighted by Gasteiger charge is -2.08. The highest BCUT2D eigenvalue weighted by Gasteiger charge is 2.03. The lowest BCUT2D eigenvalue weighted by Crippen LogP contribution is -2.12. The molecule has 0 unspecified atom stereocenters. The molecule has 0 saturated carbocycles. The van der Waals surface area contributed by atoms with Crippen molar-refractivity contribution in [1.82, 2.24) is 15.1 Å². The van der Waals surface area contributed by atoms with E-state index >= 15 is 0 Å². The largest absolute Gasteiger partial charge is 0.313 e. The van der Waals surface area contributed by atoms with E-state index in [-0.39, 0.29) is 0 Å². The average Bonchev–Trinajstić information content (AvgIpc) is 2.73. The molecule has 0 fully saturated rings. The first-order valence-electron chi connectivity index (χ1n) is 5.71. The molecule has 0 bridgehead atoms. The van der Waals surface area contributed by atoms with Gasteiger partial charge in [-0.1, -0.05) is 30.7 Å². The third kappa shape index (κ3) is 2.87. The van der Waals surface area contributed by atoms with Crippen molar-refractivity contribution >= 4 is 11.6 Å². The summed E-state index contributed by atoms with van der Waals surface area (Å²) in [6, 6.07) is 6.36. The monoisotopic (exact) mass is 249 g/mol. The fraction of sp³-hybridized carbons (Fsp3) is 0.308. The summed E-state index contributed by atoms with van der Waals surface area (Å²) in [7, 11) is 0. The second-order valence-corrected chi connectivity index (χ2v) is 4.44. The first-order chi connectivity index (χ1) is 8.20. The zero-order chi connectivity index (χ0) is 12.3. The molecule has 1 aromatic carbocycles. The number of nitrogens with one attached hydrogen (secondary N) is 1. The van der Waals surface area contributed by atoms with Crippen molar-refractivity contribution in [1.29, 1.82) is 0 Å². The van der Waals surface area contributed by atoms with Crippen LogP contribution in [0.1, 0.15) is 18.1 Å². The van der Waals surface area contributed by atoms with Crippen molar-refractivity contribution in [3.05, 3.63) is 46.7 Å². The molecule has 0 aliphatic rings. The van der Waals surface area contributed by atoms with E-state index in [1.807, 2.05) is 6.20 Å². The van der Waals surface area contributed by atoms with Gasteiger partial charge in [-0.05, 0) is 30.7 Å². The van der Waals surface area contributed by atoms with Crippen LogP contribution in [0.3, 0.4) is 0 Å². The average molecular weight is 250 g/mol. The van der Waals surface area contributed by atoms with Gasteiger partial charge in [0.2, 0.25) is 0 Å². The second-order valence-electron chi connectivity index (χ2n) is 4.00. The van der Waals surface area contributed by atoms with Crippen LogP contribution in [0.2, 0.25) is 5.02 Å². The number of nitrogens with zero attached hydrogens (tertiary/aromatic N) is 2. The summed E-state index contributed by atoms with van der Waals surface area (Å²) < 4.78 is 1.80. The Bertz CT molecular complexity index is 505. The summed E-state index contributed by atoms with van der Waals surface area (Å²) >= 11 is 5.87. The molecule has 1 N–H and O–H groups in total. The Kier molecular flexibility index (Phi) is 3.82. The second kappa shape index (κ2) is 5.34. The molecule has 0 saturated heterocycles.